The van der Waals surface area contributed by atoms with Crippen molar-refractivity contribution < 1.29 is 23.8 Å². The van der Waals surface area contributed by atoms with Crippen LogP contribution < -0.4 is 14.8 Å². The number of nitrogens with one attached hydrogen (secondary N) is 1. The van der Waals surface area contributed by atoms with Crippen molar-refractivity contribution in [2.45, 2.75) is 25.8 Å². The molecule has 0 spiro atoms. The lowest BCUT2D eigenvalue weighted by atomic mass is 9.98. The monoisotopic (exact) mass is 482 g/mol. The first-order valence-corrected chi connectivity index (χ1v) is 11.7. The van der Waals surface area contributed by atoms with Crippen molar-refractivity contribution in [2.24, 2.45) is 5.10 Å². The number of methoxy groups -OCH3 is 3. The molecule has 0 radical (unpaired) electrons. The van der Waals surface area contributed by atoms with E-state index in [0.717, 1.165) is 23.3 Å². The van der Waals surface area contributed by atoms with Gasteiger partial charge in [-0.25, -0.2) is 9.80 Å². The van der Waals surface area contributed by atoms with Crippen LogP contribution in [0.2, 0.25) is 0 Å². The Morgan fingerprint density at radius 1 is 1.11 bits per heavy atom. The molecule has 1 N–H and O–H groups in total. The fourth-order valence-corrected chi connectivity index (χ4v) is 3.91. The number of hydrogen-bond acceptors (Lipinski definition) is 6. The molecule has 3 amide bonds. The van der Waals surface area contributed by atoms with E-state index < -0.39 is 0 Å². The normalized spacial score (nSPS) is 14.9. The fourth-order valence-electron chi connectivity index (χ4n) is 3.91. The number of ether oxygens (including phenoxy) is 3. The lowest BCUT2D eigenvalue weighted by molar-refractivity contribution is -0.133. The zero-order valence-corrected chi connectivity index (χ0v) is 20.8. The third-order valence-corrected chi connectivity index (χ3v) is 5.77. The Hall–Kier alpha value is -3.59. The highest BCUT2D eigenvalue weighted by atomic mass is 16.5. The van der Waals surface area contributed by atoms with Crippen molar-refractivity contribution in [2.75, 3.05) is 47.6 Å². The Labute approximate surface area is 206 Å². The molecule has 9 heteroatoms. The zero-order chi connectivity index (χ0) is 25.2. The van der Waals surface area contributed by atoms with Gasteiger partial charge in [0, 0.05) is 38.2 Å². The minimum atomic E-state index is -0.298. The number of hydrazone groups is 1. The van der Waals surface area contributed by atoms with Crippen LogP contribution >= 0.6 is 0 Å². The van der Waals surface area contributed by atoms with Gasteiger partial charge in [0.2, 0.25) is 0 Å². The SMILES string of the molecule is CCCNC(=O)N(CCOC)CC(=O)N1N=C(c2ccc(OC)cc2OC)C[C@@H]1c1ccccc1. The summed E-state index contributed by atoms with van der Waals surface area (Å²) in [5.74, 6) is 1.01. The summed E-state index contributed by atoms with van der Waals surface area (Å²) < 4.78 is 16.0. The second-order valence-electron chi connectivity index (χ2n) is 8.13. The van der Waals surface area contributed by atoms with Crippen LogP contribution in [0, 0.1) is 0 Å². The molecule has 0 bridgehead atoms. The van der Waals surface area contributed by atoms with Crippen molar-refractivity contribution >= 4 is 17.6 Å². The number of nitrogens with zero attached hydrogens (tertiary/aromatic N) is 3. The van der Waals surface area contributed by atoms with Gasteiger partial charge in [-0.2, -0.15) is 5.10 Å². The summed E-state index contributed by atoms with van der Waals surface area (Å²) in [7, 11) is 4.75. The van der Waals surface area contributed by atoms with Crippen molar-refractivity contribution in [1.29, 1.82) is 0 Å². The molecule has 0 fully saturated rings. The average Bonchev–Trinajstić information content (AvgIpc) is 3.35. The molecule has 2 aromatic rings. The Kier molecular flexibility index (Phi) is 9.48. The van der Waals surface area contributed by atoms with Crippen molar-refractivity contribution in [3.8, 4) is 11.5 Å². The lowest BCUT2D eigenvalue weighted by Gasteiger charge is -2.27. The molecule has 35 heavy (non-hydrogen) atoms. The van der Waals surface area contributed by atoms with E-state index in [9.17, 15) is 9.59 Å². The molecule has 1 heterocycles. The van der Waals surface area contributed by atoms with E-state index >= 15 is 0 Å². The summed E-state index contributed by atoms with van der Waals surface area (Å²) in [6, 6.07) is 14.7. The van der Waals surface area contributed by atoms with E-state index in [2.05, 4.69) is 5.32 Å². The molecule has 188 valence electrons. The minimum absolute atomic E-state index is 0.112. The molecule has 0 aromatic heterocycles. The third kappa shape index (κ3) is 6.51. The average molecular weight is 483 g/mol. The standard InChI is InChI=1S/C26H34N4O5/c1-5-13-27-26(32)29(14-15-33-2)18-25(31)30-23(19-9-7-6-8-10-19)17-22(28-30)21-12-11-20(34-3)16-24(21)35-4/h6-12,16,23H,5,13-15,17-18H2,1-4H3,(H,27,32)/t23-/m1/s1. The highest BCUT2D eigenvalue weighted by Crippen LogP contribution is 2.36. The van der Waals surface area contributed by atoms with Crippen molar-refractivity contribution in [3.63, 3.8) is 0 Å². The van der Waals surface area contributed by atoms with Crippen molar-refractivity contribution in [1.82, 2.24) is 15.2 Å². The van der Waals surface area contributed by atoms with Crippen LogP contribution in [-0.4, -0.2) is 75.1 Å². The van der Waals surface area contributed by atoms with E-state index in [1.807, 2.05) is 49.4 Å². The summed E-state index contributed by atoms with van der Waals surface area (Å²) in [6.45, 7) is 3.02. The maximum Gasteiger partial charge on any atom is 0.317 e. The number of urea groups is 1. The first kappa shape index (κ1) is 26.0. The third-order valence-electron chi connectivity index (χ3n) is 5.77. The first-order chi connectivity index (χ1) is 17.0. The Bertz CT molecular complexity index is 1030. The molecule has 1 aliphatic heterocycles. The molecular weight excluding hydrogens is 448 g/mol. The van der Waals surface area contributed by atoms with Crippen LogP contribution in [0.4, 0.5) is 4.79 Å². The van der Waals surface area contributed by atoms with E-state index in [0.29, 0.717) is 37.6 Å². The predicted molar refractivity (Wildman–Crippen MR) is 134 cm³/mol. The van der Waals surface area contributed by atoms with Crippen molar-refractivity contribution in [3.05, 3.63) is 59.7 Å². The smallest absolute Gasteiger partial charge is 0.317 e. The molecule has 0 unspecified atom stereocenters. The second kappa shape index (κ2) is 12.8. The molecule has 1 aliphatic rings. The maximum absolute atomic E-state index is 13.5. The Morgan fingerprint density at radius 2 is 1.89 bits per heavy atom. The number of carbonyl (C=O) groups excluding carboxylic acids is 2. The predicted octanol–water partition coefficient (Wildman–Crippen LogP) is 3.45. The number of hydrogen-bond donors (Lipinski definition) is 1. The van der Waals surface area contributed by atoms with E-state index in [1.165, 1.54) is 9.91 Å². The quantitative estimate of drug-likeness (QED) is 0.530. The van der Waals surface area contributed by atoms with Gasteiger partial charge in [-0.3, -0.25) is 4.79 Å². The summed E-state index contributed by atoms with van der Waals surface area (Å²) in [4.78, 5) is 27.6. The summed E-state index contributed by atoms with van der Waals surface area (Å²) in [5, 5.41) is 9.05. The zero-order valence-electron chi connectivity index (χ0n) is 20.8. The lowest BCUT2D eigenvalue weighted by Crippen LogP contribution is -2.47. The summed E-state index contributed by atoms with van der Waals surface area (Å²) >= 11 is 0. The molecule has 0 aliphatic carbocycles. The molecule has 3 rings (SSSR count). The number of carbonyl (C=O) groups is 2. The molecule has 0 saturated heterocycles. The van der Waals surface area contributed by atoms with Gasteiger partial charge in [-0.05, 0) is 24.1 Å². The maximum atomic E-state index is 13.5. The number of rotatable bonds is 11. The van der Waals surface area contributed by atoms with Gasteiger partial charge in [0.15, 0.2) is 0 Å². The van der Waals surface area contributed by atoms with Gasteiger partial charge in [-0.15, -0.1) is 0 Å². The van der Waals surface area contributed by atoms with Crippen LogP contribution in [0.5, 0.6) is 11.5 Å². The van der Waals surface area contributed by atoms with Crippen LogP contribution in [-0.2, 0) is 9.53 Å². The fraction of sp³-hybridized carbons (Fsp3) is 0.423. The number of benzene rings is 2. The molecule has 1 atom stereocenters. The van der Waals surface area contributed by atoms with E-state index in [-0.39, 0.29) is 24.5 Å². The van der Waals surface area contributed by atoms with Crippen LogP contribution in [0.25, 0.3) is 0 Å². The van der Waals surface area contributed by atoms with E-state index in [1.54, 1.807) is 27.4 Å². The van der Waals surface area contributed by atoms with Gasteiger partial charge in [0.05, 0.1) is 32.6 Å². The van der Waals surface area contributed by atoms with Gasteiger partial charge < -0.3 is 24.4 Å². The van der Waals surface area contributed by atoms with Gasteiger partial charge in [0.25, 0.3) is 5.91 Å². The topological polar surface area (TPSA) is 92.7 Å². The summed E-state index contributed by atoms with van der Waals surface area (Å²) in [6.07, 6.45) is 1.32. The Morgan fingerprint density at radius 3 is 2.54 bits per heavy atom. The van der Waals surface area contributed by atoms with Gasteiger partial charge in [0.1, 0.15) is 18.0 Å². The highest BCUT2D eigenvalue weighted by molar-refractivity contribution is 6.05. The minimum Gasteiger partial charge on any atom is -0.497 e. The first-order valence-electron chi connectivity index (χ1n) is 11.7. The second-order valence-corrected chi connectivity index (χ2v) is 8.13. The number of amides is 3. The van der Waals surface area contributed by atoms with Crippen LogP contribution in [0.3, 0.4) is 0 Å². The molecule has 0 saturated carbocycles. The molecule has 9 nitrogen and oxygen atoms in total. The van der Waals surface area contributed by atoms with Crippen LogP contribution in [0.15, 0.2) is 53.6 Å². The summed E-state index contributed by atoms with van der Waals surface area (Å²) in [5.41, 5.74) is 2.48. The van der Waals surface area contributed by atoms with Gasteiger partial charge in [-0.1, -0.05) is 37.3 Å². The highest BCUT2D eigenvalue weighted by Gasteiger charge is 2.35. The van der Waals surface area contributed by atoms with Crippen LogP contribution in [0.1, 0.15) is 36.9 Å². The Balaban J connectivity index is 1.91. The molecule has 2 aromatic carbocycles. The molecular formula is C26H34N4O5. The van der Waals surface area contributed by atoms with E-state index in [4.69, 9.17) is 19.3 Å². The van der Waals surface area contributed by atoms with Gasteiger partial charge >= 0.3 is 6.03 Å². The largest absolute Gasteiger partial charge is 0.497 e.